The van der Waals surface area contributed by atoms with Gasteiger partial charge in [-0.25, -0.2) is 0 Å². The average molecular weight is 267 g/mol. The van der Waals surface area contributed by atoms with Gasteiger partial charge in [0.25, 0.3) is 0 Å². The fourth-order valence-corrected chi connectivity index (χ4v) is 2.77. The predicted molar refractivity (Wildman–Crippen MR) is 69.7 cm³/mol. The van der Waals surface area contributed by atoms with Gasteiger partial charge in [0.2, 0.25) is 5.91 Å². The third kappa shape index (κ3) is 2.03. The molecule has 1 aromatic rings. The molecule has 6 heteroatoms. The topological polar surface area (TPSA) is 58.2 Å². The van der Waals surface area contributed by atoms with Crippen molar-refractivity contribution in [2.45, 2.75) is 25.4 Å². The molecule has 98 valence electrons. The van der Waals surface area contributed by atoms with Crippen molar-refractivity contribution in [3.05, 3.63) is 17.0 Å². The van der Waals surface area contributed by atoms with E-state index in [4.69, 9.17) is 4.74 Å². The van der Waals surface area contributed by atoms with Crippen LogP contribution in [-0.4, -0.2) is 46.5 Å². The third-order valence-corrected chi connectivity index (χ3v) is 3.90. The Labute approximate surface area is 111 Å². The highest BCUT2D eigenvalue weighted by Gasteiger charge is 2.35. The van der Waals surface area contributed by atoms with Gasteiger partial charge in [-0.05, 0) is 5.75 Å². The fourth-order valence-electron chi connectivity index (χ4n) is 2.58. The van der Waals surface area contributed by atoms with Crippen LogP contribution in [0, 0.1) is 0 Å². The first-order chi connectivity index (χ1) is 8.79. The third-order valence-electron chi connectivity index (χ3n) is 3.67. The minimum absolute atomic E-state index is 0.196. The Kier molecular flexibility index (Phi) is 3.30. The van der Waals surface area contributed by atoms with Crippen LogP contribution < -0.4 is 0 Å². The van der Waals surface area contributed by atoms with E-state index in [0.29, 0.717) is 24.7 Å². The number of fused-ring (bicyclic) bond motifs is 1. The highest BCUT2D eigenvalue weighted by Crippen LogP contribution is 2.31. The number of amides is 1. The lowest BCUT2D eigenvalue weighted by Crippen LogP contribution is -2.49. The lowest BCUT2D eigenvalue weighted by Gasteiger charge is -2.39. The Hall–Kier alpha value is -1.01. The Morgan fingerprint density at radius 3 is 3.17 bits per heavy atom. The molecule has 18 heavy (non-hydrogen) atoms. The second-order valence-electron chi connectivity index (χ2n) is 4.84. The molecule has 3 rings (SSSR count). The van der Waals surface area contributed by atoms with E-state index in [1.165, 1.54) is 11.3 Å². The minimum atomic E-state index is 0.196. The van der Waals surface area contributed by atoms with Crippen molar-refractivity contribution in [2.24, 2.45) is 0 Å². The van der Waals surface area contributed by atoms with Crippen molar-refractivity contribution in [1.29, 1.82) is 0 Å². The molecule has 5 nitrogen and oxygen atoms in total. The number of hydrogen-bond acceptors (Lipinski definition) is 4. The minimum Gasteiger partial charge on any atom is -0.376 e. The highest BCUT2D eigenvalue weighted by molar-refractivity contribution is 7.80. The number of nitrogens with one attached hydrogen (secondary N) is 1. The molecule has 1 N–H and O–H groups in total. The van der Waals surface area contributed by atoms with Crippen LogP contribution in [-0.2, 0) is 22.6 Å². The van der Waals surface area contributed by atoms with Gasteiger partial charge in [-0.1, -0.05) is 0 Å². The molecule has 0 saturated carbocycles. The number of thiol groups is 1. The molecule has 2 aliphatic heterocycles. The Morgan fingerprint density at radius 1 is 1.56 bits per heavy atom. The quantitative estimate of drug-likeness (QED) is 0.794. The molecule has 3 heterocycles. The summed E-state index contributed by atoms with van der Waals surface area (Å²) in [7, 11) is 0. The summed E-state index contributed by atoms with van der Waals surface area (Å²) in [5.74, 6) is 1.18. The summed E-state index contributed by atoms with van der Waals surface area (Å²) in [4.78, 5) is 13.5. The maximum absolute atomic E-state index is 11.7. The molecule has 0 atom stereocenters. The molecule has 1 amide bonds. The maximum atomic E-state index is 11.7. The number of ether oxygens (including phenoxy) is 1. The second kappa shape index (κ2) is 4.93. The summed E-state index contributed by atoms with van der Waals surface area (Å²) in [5, 5.41) is 7.50. The van der Waals surface area contributed by atoms with Gasteiger partial charge in [0.05, 0.1) is 18.9 Å². The average Bonchev–Trinajstić information content (AvgIpc) is 2.72. The predicted octanol–water partition coefficient (Wildman–Crippen LogP) is 0.728. The summed E-state index contributed by atoms with van der Waals surface area (Å²) < 4.78 is 5.48. The van der Waals surface area contributed by atoms with E-state index >= 15 is 0 Å². The van der Waals surface area contributed by atoms with Crippen LogP contribution in [0.1, 0.15) is 29.3 Å². The van der Waals surface area contributed by atoms with Gasteiger partial charge in [0, 0.05) is 43.1 Å². The smallest absolute Gasteiger partial charge is 0.223 e. The summed E-state index contributed by atoms with van der Waals surface area (Å²) in [6, 6.07) is 0. The molecule has 1 fully saturated rings. The van der Waals surface area contributed by atoms with Crippen LogP contribution in [0.5, 0.6) is 0 Å². The summed E-state index contributed by atoms with van der Waals surface area (Å²) >= 11 is 4.08. The van der Waals surface area contributed by atoms with Crippen LogP contribution in [0.3, 0.4) is 0 Å². The van der Waals surface area contributed by atoms with Crippen molar-refractivity contribution in [2.75, 3.05) is 25.4 Å². The molecule has 0 aromatic carbocycles. The number of aromatic amines is 1. The number of carbonyl (C=O) groups is 1. The van der Waals surface area contributed by atoms with E-state index in [2.05, 4.69) is 22.8 Å². The molecule has 1 aromatic heterocycles. The largest absolute Gasteiger partial charge is 0.376 e. The van der Waals surface area contributed by atoms with Crippen LogP contribution >= 0.6 is 12.6 Å². The van der Waals surface area contributed by atoms with E-state index in [1.807, 2.05) is 4.90 Å². The Morgan fingerprint density at radius 2 is 2.39 bits per heavy atom. The van der Waals surface area contributed by atoms with E-state index < -0.39 is 0 Å². The lowest BCUT2D eigenvalue weighted by molar-refractivity contribution is -0.135. The molecule has 2 aliphatic rings. The second-order valence-corrected chi connectivity index (χ2v) is 5.29. The number of nitrogens with zero attached hydrogens (tertiary/aromatic N) is 2. The Bertz CT molecular complexity index is 454. The van der Waals surface area contributed by atoms with Crippen LogP contribution in [0.4, 0.5) is 0 Å². The zero-order chi connectivity index (χ0) is 12.5. The van der Waals surface area contributed by atoms with Gasteiger partial charge in [0.1, 0.15) is 0 Å². The van der Waals surface area contributed by atoms with Gasteiger partial charge >= 0.3 is 0 Å². The van der Waals surface area contributed by atoms with Gasteiger partial charge < -0.3 is 9.64 Å². The molecular weight excluding hydrogens is 250 g/mol. The zero-order valence-electron chi connectivity index (χ0n) is 10.2. The van der Waals surface area contributed by atoms with E-state index in [0.717, 1.165) is 31.8 Å². The molecule has 1 saturated heterocycles. The molecular formula is C12H17N3O2S. The SMILES string of the molecule is O=C(CCS)N1CC(c2n[nH]c3c2COCC3)C1. The lowest BCUT2D eigenvalue weighted by atomic mass is 9.92. The first kappa shape index (κ1) is 12.0. The van der Waals surface area contributed by atoms with E-state index in [9.17, 15) is 4.79 Å². The highest BCUT2D eigenvalue weighted by atomic mass is 32.1. The monoisotopic (exact) mass is 267 g/mol. The van der Waals surface area contributed by atoms with Crippen molar-refractivity contribution >= 4 is 18.5 Å². The molecule has 0 bridgehead atoms. The summed E-state index contributed by atoms with van der Waals surface area (Å²) in [5.41, 5.74) is 3.52. The first-order valence-electron chi connectivity index (χ1n) is 6.32. The number of rotatable bonds is 3. The number of aromatic nitrogens is 2. The van der Waals surface area contributed by atoms with Gasteiger partial charge in [-0.15, -0.1) is 0 Å². The van der Waals surface area contributed by atoms with E-state index in [1.54, 1.807) is 0 Å². The van der Waals surface area contributed by atoms with Gasteiger partial charge in [0.15, 0.2) is 0 Å². The molecule has 0 radical (unpaired) electrons. The summed E-state index contributed by atoms with van der Waals surface area (Å²) in [6.07, 6.45) is 1.44. The summed E-state index contributed by atoms with van der Waals surface area (Å²) in [6.45, 7) is 2.99. The van der Waals surface area contributed by atoms with Crippen molar-refractivity contribution in [3.8, 4) is 0 Å². The van der Waals surface area contributed by atoms with Crippen LogP contribution in [0.25, 0.3) is 0 Å². The van der Waals surface area contributed by atoms with Crippen molar-refractivity contribution < 1.29 is 9.53 Å². The Balaban J connectivity index is 1.65. The van der Waals surface area contributed by atoms with E-state index in [-0.39, 0.29) is 5.91 Å². The fraction of sp³-hybridized carbons (Fsp3) is 0.667. The van der Waals surface area contributed by atoms with Gasteiger partial charge in [-0.2, -0.15) is 17.7 Å². The van der Waals surface area contributed by atoms with Crippen molar-refractivity contribution in [3.63, 3.8) is 0 Å². The first-order valence-corrected chi connectivity index (χ1v) is 6.95. The number of carbonyl (C=O) groups excluding carboxylic acids is 1. The number of likely N-dealkylation sites (tertiary alicyclic amines) is 1. The molecule has 0 unspecified atom stereocenters. The van der Waals surface area contributed by atoms with Crippen molar-refractivity contribution in [1.82, 2.24) is 15.1 Å². The molecule has 0 aliphatic carbocycles. The van der Waals surface area contributed by atoms with Crippen LogP contribution in [0.2, 0.25) is 0 Å². The molecule has 0 spiro atoms. The van der Waals surface area contributed by atoms with Crippen LogP contribution in [0.15, 0.2) is 0 Å². The normalized spacial score (nSPS) is 19.5. The standard InChI is InChI=1S/C12H17N3O2S/c16-11(2-4-18)15-5-8(6-15)12-9-7-17-3-1-10(9)13-14-12/h8,18H,1-7H2,(H,13,14). The zero-order valence-corrected chi connectivity index (χ0v) is 11.1. The number of hydrogen-bond donors (Lipinski definition) is 2. The van der Waals surface area contributed by atoms with Gasteiger partial charge in [-0.3, -0.25) is 9.89 Å². The maximum Gasteiger partial charge on any atom is 0.223 e. The number of H-pyrrole nitrogens is 1.